The molecule has 2 atom stereocenters. The van der Waals surface area contributed by atoms with Gasteiger partial charge in [0.05, 0.1) is 13.0 Å². The Balaban J connectivity index is 2.18. The van der Waals surface area contributed by atoms with Gasteiger partial charge in [-0.3, -0.25) is 4.79 Å². The van der Waals surface area contributed by atoms with E-state index in [9.17, 15) is 4.79 Å². The van der Waals surface area contributed by atoms with Crippen LogP contribution in [0.1, 0.15) is 30.7 Å². The van der Waals surface area contributed by atoms with Gasteiger partial charge in [-0.2, -0.15) is 0 Å². The fraction of sp³-hybridized carbons (Fsp3) is 0.462. The van der Waals surface area contributed by atoms with Crippen LogP contribution in [0.4, 0.5) is 0 Å². The maximum absolute atomic E-state index is 11.6. The normalized spacial score (nSPS) is 25.1. The molecule has 1 aromatic carbocycles. The zero-order valence-corrected chi connectivity index (χ0v) is 8.98. The topological polar surface area (TPSA) is 26.3 Å². The largest absolute Gasteiger partial charge is 0.469 e. The third-order valence-corrected chi connectivity index (χ3v) is 3.25. The number of benzene rings is 1. The summed E-state index contributed by atoms with van der Waals surface area (Å²) in [6.07, 6.45) is 3.19. The first-order chi connectivity index (χ1) is 7.33. The standard InChI is InChI=1S/C13H16O2/c1-15-13(14)12-9-5-8-11(12)10-6-3-2-4-7-10/h2-4,6-7,11-12H,5,8-9H2,1H3/t11-,12+/m0/s1. The molecule has 0 spiro atoms. The van der Waals surface area contributed by atoms with Crippen LogP contribution in [-0.4, -0.2) is 13.1 Å². The predicted octanol–water partition coefficient (Wildman–Crippen LogP) is 2.74. The van der Waals surface area contributed by atoms with Crippen LogP contribution in [0, 0.1) is 5.92 Å². The summed E-state index contributed by atoms with van der Waals surface area (Å²) in [6.45, 7) is 0. The Bertz CT molecular complexity index is 332. The van der Waals surface area contributed by atoms with Gasteiger partial charge in [0.25, 0.3) is 0 Å². The van der Waals surface area contributed by atoms with Crippen molar-refractivity contribution in [2.24, 2.45) is 5.92 Å². The van der Waals surface area contributed by atoms with Crippen molar-refractivity contribution in [3.8, 4) is 0 Å². The molecule has 2 rings (SSSR count). The number of carbonyl (C=O) groups is 1. The molecule has 0 bridgehead atoms. The third kappa shape index (κ3) is 2.04. The molecular formula is C13H16O2. The van der Waals surface area contributed by atoms with Gasteiger partial charge < -0.3 is 4.74 Å². The average Bonchev–Trinajstić information content (AvgIpc) is 2.78. The molecule has 0 aliphatic heterocycles. The lowest BCUT2D eigenvalue weighted by Crippen LogP contribution is -2.18. The highest BCUT2D eigenvalue weighted by Crippen LogP contribution is 2.39. The first-order valence-corrected chi connectivity index (χ1v) is 5.45. The number of methoxy groups -OCH3 is 1. The zero-order chi connectivity index (χ0) is 10.7. The van der Waals surface area contributed by atoms with Gasteiger partial charge in [-0.1, -0.05) is 36.8 Å². The van der Waals surface area contributed by atoms with Gasteiger partial charge in [0, 0.05) is 0 Å². The fourth-order valence-corrected chi connectivity index (χ4v) is 2.49. The van der Waals surface area contributed by atoms with Gasteiger partial charge in [0.2, 0.25) is 0 Å². The van der Waals surface area contributed by atoms with E-state index in [2.05, 4.69) is 12.1 Å². The first kappa shape index (κ1) is 10.2. The molecule has 1 aromatic rings. The third-order valence-electron chi connectivity index (χ3n) is 3.25. The molecule has 1 saturated carbocycles. The van der Waals surface area contributed by atoms with Crippen LogP contribution in [0.5, 0.6) is 0 Å². The van der Waals surface area contributed by atoms with Crippen molar-refractivity contribution >= 4 is 5.97 Å². The predicted molar refractivity (Wildman–Crippen MR) is 58.5 cm³/mol. The van der Waals surface area contributed by atoms with E-state index in [1.807, 2.05) is 18.2 Å². The van der Waals surface area contributed by atoms with Crippen LogP contribution < -0.4 is 0 Å². The highest BCUT2D eigenvalue weighted by atomic mass is 16.5. The van der Waals surface area contributed by atoms with Crippen molar-refractivity contribution in [1.29, 1.82) is 0 Å². The molecule has 80 valence electrons. The van der Waals surface area contributed by atoms with Gasteiger partial charge >= 0.3 is 5.97 Å². The summed E-state index contributed by atoms with van der Waals surface area (Å²) in [6, 6.07) is 10.3. The van der Waals surface area contributed by atoms with E-state index in [1.54, 1.807) is 0 Å². The number of esters is 1. The first-order valence-electron chi connectivity index (χ1n) is 5.45. The number of carbonyl (C=O) groups excluding carboxylic acids is 1. The second-order valence-electron chi connectivity index (χ2n) is 4.08. The average molecular weight is 204 g/mol. The molecule has 0 radical (unpaired) electrons. The van der Waals surface area contributed by atoms with Gasteiger partial charge in [0.1, 0.15) is 0 Å². The van der Waals surface area contributed by atoms with Crippen LogP contribution in [0.25, 0.3) is 0 Å². The highest BCUT2D eigenvalue weighted by molar-refractivity contribution is 5.74. The molecule has 2 heteroatoms. The Labute approximate surface area is 90.3 Å². The summed E-state index contributed by atoms with van der Waals surface area (Å²) >= 11 is 0. The number of hydrogen-bond acceptors (Lipinski definition) is 2. The molecule has 0 aromatic heterocycles. The quantitative estimate of drug-likeness (QED) is 0.692. The summed E-state index contributed by atoms with van der Waals surface area (Å²) < 4.78 is 4.85. The van der Waals surface area contributed by atoms with E-state index < -0.39 is 0 Å². The van der Waals surface area contributed by atoms with Crippen LogP contribution in [0.15, 0.2) is 30.3 Å². The second kappa shape index (κ2) is 4.47. The zero-order valence-electron chi connectivity index (χ0n) is 8.98. The van der Waals surface area contributed by atoms with Crippen LogP contribution >= 0.6 is 0 Å². The monoisotopic (exact) mass is 204 g/mol. The second-order valence-corrected chi connectivity index (χ2v) is 4.08. The van der Waals surface area contributed by atoms with Gasteiger partial charge in [-0.25, -0.2) is 0 Å². The van der Waals surface area contributed by atoms with Crippen molar-refractivity contribution in [2.75, 3.05) is 7.11 Å². The molecular weight excluding hydrogens is 188 g/mol. The molecule has 0 N–H and O–H groups in total. The maximum atomic E-state index is 11.6. The van der Waals surface area contributed by atoms with Crippen LogP contribution in [0.3, 0.4) is 0 Å². The lowest BCUT2D eigenvalue weighted by atomic mass is 9.89. The van der Waals surface area contributed by atoms with E-state index in [1.165, 1.54) is 12.7 Å². The smallest absolute Gasteiger partial charge is 0.309 e. The summed E-state index contributed by atoms with van der Waals surface area (Å²) in [5.41, 5.74) is 1.27. The van der Waals surface area contributed by atoms with Crippen LogP contribution in [0.2, 0.25) is 0 Å². The van der Waals surface area contributed by atoms with Crippen molar-refractivity contribution in [2.45, 2.75) is 25.2 Å². The number of hydrogen-bond donors (Lipinski definition) is 0. The van der Waals surface area contributed by atoms with Gasteiger partial charge in [0.15, 0.2) is 0 Å². The number of rotatable bonds is 2. The SMILES string of the molecule is COC(=O)[C@@H]1CCC[C@H]1c1ccccc1. The van der Waals surface area contributed by atoms with E-state index >= 15 is 0 Å². The lowest BCUT2D eigenvalue weighted by Gasteiger charge is -2.17. The molecule has 15 heavy (non-hydrogen) atoms. The molecule has 0 amide bonds. The molecule has 0 saturated heterocycles. The van der Waals surface area contributed by atoms with E-state index in [0.29, 0.717) is 5.92 Å². The summed E-state index contributed by atoms with van der Waals surface area (Å²) in [5.74, 6) is 0.373. The van der Waals surface area contributed by atoms with Crippen molar-refractivity contribution in [3.05, 3.63) is 35.9 Å². The Morgan fingerprint density at radius 3 is 2.67 bits per heavy atom. The molecule has 0 unspecified atom stereocenters. The van der Waals surface area contributed by atoms with Crippen molar-refractivity contribution < 1.29 is 9.53 Å². The minimum atomic E-state index is -0.0543. The molecule has 2 nitrogen and oxygen atoms in total. The molecule has 1 aliphatic carbocycles. The minimum absolute atomic E-state index is 0.0543. The highest BCUT2D eigenvalue weighted by Gasteiger charge is 2.34. The Morgan fingerprint density at radius 2 is 2.00 bits per heavy atom. The Hall–Kier alpha value is -1.31. The summed E-state index contributed by atoms with van der Waals surface area (Å²) in [5, 5.41) is 0. The lowest BCUT2D eigenvalue weighted by molar-refractivity contribution is -0.145. The van der Waals surface area contributed by atoms with Crippen molar-refractivity contribution in [3.63, 3.8) is 0 Å². The minimum Gasteiger partial charge on any atom is -0.469 e. The Kier molecular flexibility index (Phi) is 3.05. The summed E-state index contributed by atoms with van der Waals surface area (Å²) in [4.78, 5) is 11.6. The molecule has 1 fully saturated rings. The van der Waals surface area contributed by atoms with E-state index in [-0.39, 0.29) is 11.9 Å². The molecule has 0 heterocycles. The summed E-state index contributed by atoms with van der Waals surface area (Å²) in [7, 11) is 1.47. The fourth-order valence-electron chi connectivity index (χ4n) is 2.49. The molecule has 1 aliphatic rings. The van der Waals surface area contributed by atoms with Gasteiger partial charge in [-0.15, -0.1) is 0 Å². The Morgan fingerprint density at radius 1 is 1.27 bits per heavy atom. The van der Waals surface area contributed by atoms with E-state index in [4.69, 9.17) is 4.74 Å². The maximum Gasteiger partial charge on any atom is 0.309 e. The van der Waals surface area contributed by atoms with Gasteiger partial charge in [-0.05, 0) is 24.3 Å². The van der Waals surface area contributed by atoms with Crippen molar-refractivity contribution in [1.82, 2.24) is 0 Å². The van der Waals surface area contributed by atoms with Crippen LogP contribution in [-0.2, 0) is 9.53 Å². The van der Waals surface area contributed by atoms with E-state index in [0.717, 1.165) is 19.3 Å². The number of ether oxygens (including phenoxy) is 1.